The lowest BCUT2D eigenvalue weighted by Gasteiger charge is -2.42. The Morgan fingerprint density at radius 1 is 1.00 bits per heavy atom. The van der Waals surface area contributed by atoms with Gasteiger partial charge in [0.2, 0.25) is 0 Å². The summed E-state index contributed by atoms with van der Waals surface area (Å²) in [7, 11) is 0. The Balaban J connectivity index is 1.54. The van der Waals surface area contributed by atoms with E-state index < -0.39 is 0 Å². The van der Waals surface area contributed by atoms with E-state index in [-0.39, 0.29) is 17.6 Å². The smallest absolute Gasteiger partial charge is 0.133 e. The molecule has 5 atom stereocenters. The van der Waals surface area contributed by atoms with Crippen LogP contribution in [0.3, 0.4) is 0 Å². The second-order valence-corrected chi connectivity index (χ2v) is 9.20. The minimum Gasteiger partial charge on any atom is -0.207 e. The van der Waals surface area contributed by atoms with Crippen LogP contribution in [0.2, 0.25) is 0 Å². The van der Waals surface area contributed by atoms with E-state index in [1.807, 2.05) is 0 Å². The standard InChI is InChI=1S/C24H32F2/c1-3-4-16-6-7-18-13-19(9-8-17(18)12-16)23-22(25)14-20-11-15(2)5-10-21(20)24(23)26/h3-4,14-19H,5-13H2,1-2H3/b4-3+. The van der Waals surface area contributed by atoms with Crippen LogP contribution in [0.25, 0.3) is 0 Å². The van der Waals surface area contributed by atoms with Crippen LogP contribution in [-0.2, 0) is 12.8 Å². The molecule has 3 aliphatic rings. The van der Waals surface area contributed by atoms with Crippen LogP contribution in [0.4, 0.5) is 8.78 Å². The molecular formula is C24H32F2. The molecule has 1 aromatic rings. The van der Waals surface area contributed by atoms with Gasteiger partial charge >= 0.3 is 0 Å². The highest BCUT2D eigenvalue weighted by atomic mass is 19.1. The van der Waals surface area contributed by atoms with Crippen LogP contribution in [0.5, 0.6) is 0 Å². The predicted molar refractivity (Wildman–Crippen MR) is 103 cm³/mol. The van der Waals surface area contributed by atoms with Gasteiger partial charge in [0.05, 0.1) is 0 Å². The maximum atomic E-state index is 15.3. The quantitative estimate of drug-likeness (QED) is 0.501. The van der Waals surface area contributed by atoms with Crippen molar-refractivity contribution in [2.24, 2.45) is 23.7 Å². The molecule has 0 heterocycles. The predicted octanol–water partition coefficient (Wildman–Crippen LogP) is 6.97. The zero-order valence-electron chi connectivity index (χ0n) is 16.2. The minimum atomic E-state index is -0.276. The van der Waals surface area contributed by atoms with Gasteiger partial charge in [0, 0.05) is 5.56 Å². The highest BCUT2D eigenvalue weighted by Crippen LogP contribution is 2.49. The van der Waals surface area contributed by atoms with Gasteiger partial charge in [-0.2, -0.15) is 0 Å². The number of rotatable bonds is 2. The number of hydrogen-bond acceptors (Lipinski definition) is 0. The third-order valence-electron chi connectivity index (χ3n) is 7.43. The molecule has 0 radical (unpaired) electrons. The molecule has 142 valence electrons. The average Bonchev–Trinajstić information content (AvgIpc) is 2.61. The van der Waals surface area contributed by atoms with E-state index in [9.17, 15) is 4.39 Å². The van der Waals surface area contributed by atoms with Gasteiger partial charge in [-0.05, 0) is 111 Å². The molecule has 3 aliphatic carbocycles. The molecule has 0 amide bonds. The monoisotopic (exact) mass is 358 g/mol. The SMILES string of the molecule is C/C=C/C1CCC2CC(c3c(F)cc4c(c3F)CCC(C)C4)CCC2C1. The summed E-state index contributed by atoms with van der Waals surface area (Å²) < 4.78 is 30.2. The van der Waals surface area contributed by atoms with Crippen LogP contribution in [0.1, 0.15) is 81.4 Å². The second kappa shape index (κ2) is 7.44. The van der Waals surface area contributed by atoms with Gasteiger partial charge in [-0.15, -0.1) is 0 Å². The topological polar surface area (TPSA) is 0 Å². The maximum absolute atomic E-state index is 15.3. The van der Waals surface area contributed by atoms with Gasteiger partial charge in [0.1, 0.15) is 11.6 Å². The molecule has 2 fully saturated rings. The Bertz CT molecular complexity index is 690. The molecule has 0 nitrogen and oxygen atoms in total. The molecule has 0 aliphatic heterocycles. The molecule has 0 saturated heterocycles. The first-order valence-corrected chi connectivity index (χ1v) is 10.7. The van der Waals surface area contributed by atoms with E-state index in [2.05, 4.69) is 26.0 Å². The third kappa shape index (κ3) is 3.37. The summed E-state index contributed by atoms with van der Waals surface area (Å²) in [5.41, 5.74) is 2.16. The van der Waals surface area contributed by atoms with E-state index in [4.69, 9.17) is 0 Å². The Hall–Kier alpha value is -1.18. The van der Waals surface area contributed by atoms with Gasteiger partial charge in [-0.1, -0.05) is 19.1 Å². The van der Waals surface area contributed by atoms with Crippen molar-refractivity contribution in [1.82, 2.24) is 0 Å². The molecule has 0 spiro atoms. The van der Waals surface area contributed by atoms with Crippen molar-refractivity contribution in [2.45, 2.75) is 77.6 Å². The van der Waals surface area contributed by atoms with Crippen LogP contribution in [0, 0.1) is 35.3 Å². The number of halogens is 2. The molecule has 5 unspecified atom stereocenters. The fraction of sp³-hybridized carbons (Fsp3) is 0.667. The number of benzene rings is 1. The summed E-state index contributed by atoms with van der Waals surface area (Å²) in [4.78, 5) is 0. The summed E-state index contributed by atoms with van der Waals surface area (Å²) in [5, 5.41) is 0. The van der Waals surface area contributed by atoms with Gasteiger partial charge in [-0.25, -0.2) is 8.78 Å². The zero-order valence-corrected chi connectivity index (χ0v) is 16.2. The first-order valence-electron chi connectivity index (χ1n) is 10.7. The van der Waals surface area contributed by atoms with Crippen molar-refractivity contribution in [3.8, 4) is 0 Å². The molecule has 1 aromatic carbocycles. The minimum absolute atomic E-state index is 0.0826. The van der Waals surface area contributed by atoms with Crippen LogP contribution < -0.4 is 0 Å². The number of allylic oxidation sites excluding steroid dienone is 2. The third-order valence-corrected chi connectivity index (χ3v) is 7.43. The maximum Gasteiger partial charge on any atom is 0.133 e. The van der Waals surface area contributed by atoms with E-state index in [1.54, 1.807) is 6.07 Å². The van der Waals surface area contributed by atoms with Crippen molar-refractivity contribution < 1.29 is 8.78 Å². The highest BCUT2D eigenvalue weighted by molar-refractivity contribution is 5.39. The van der Waals surface area contributed by atoms with E-state index in [1.165, 1.54) is 19.3 Å². The molecule has 0 N–H and O–H groups in total. The van der Waals surface area contributed by atoms with Crippen molar-refractivity contribution in [3.63, 3.8) is 0 Å². The molecule has 2 saturated carbocycles. The zero-order chi connectivity index (χ0) is 18.3. The Kier molecular flexibility index (Phi) is 5.21. The molecule has 0 aromatic heterocycles. The van der Waals surface area contributed by atoms with Crippen molar-refractivity contribution in [2.75, 3.05) is 0 Å². The number of fused-ring (bicyclic) bond motifs is 2. The first-order chi connectivity index (χ1) is 12.6. The van der Waals surface area contributed by atoms with E-state index in [0.29, 0.717) is 17.4 Å². The summed E-state index contributed by atoms with van der Waals surface area (Å²) in [6, 6.07) is 1.67. The number of hydrogen-bond donors (Lipinski definition) is 0. The lowest BCUT2D eigenvalue weighted by atomic mass is 9.63. The van der Waals surface area contributed by atoms with Crippen molar-refractivity contribution in [3.05, 3.63) is 46.5 Å². The van der Waals surface area contributed by atoms with Crippen LogP contribution >= 0.6 is 0 Å². The lowest BCUT2D eigenvalue weighted by Crippen LogP contribution is -2.30. The van der Waals surface area contributed by atoms with E-state index in [0.717, 1.165) is 61.5 Å². The Labute approximate surface area is 157 Å². The fourth-order valence-corrected chi connectivity index (χ4v) is 6.06. The largest absolute Gasteiger partial charge is 0.207 e. The summed E-state index contributed by atoms with van der Waals surface area (Å²) in [5.74, 6) is 2.28. The molecule has 26 heavy (non-hydrogen) atoms. The lowest BCUT2D eigenvalue weighted by molar-refractivity contribution is 0.131. The van der Waals surface area contributed by atoms with Crippen molar-refractivity contribution in [1.29, 1.82) is 0 Å². The average molecular weight is 359 g/mol. The Morgan fingerprint density at radius 2 is 1.77 bits per heavy atom. The van der Waals surface area contributed by atoms with Gasteiger partial charge in [-0.3, -0.25) is 0 Å². The van der Waals surface area contributed by atoms with Crippen LogP contribution in [0.15, 0.2) is 18.2 Å². The highest BCUT2D eigenvalue weighted by Gasteiger charge is 2.37. The molecule has 2 heteroatoms. The Morgan fingerprint density at radius 3 is 2.58 bits per heavy atom. The summed E-state index contributed by atoms with van der Waals surface area (Å²) in [6.45, 7) is 4.28. The summed E-state index contributed by atoms with van der Waals surface area (Å²) >= 11 is 0. The normalized spacial score (nSPS) is 34.5. The van der Waals surface area contributed by atoms with Gasteiger partial charge in [0.25, 0.3) is 0 Å². The molecular weight excluding hydrogens is 326 g/mol. The molecule has 4 rings (SSSR count). The van der Waals surface area contributed by atoms with Gasteiger partial charge in [0.15, 0.2) is 0 Å². The van der Waals surface area contributed by atoms with Gasteiger partial charge < -0.3 is 0 Å². The fourth-order valence-electron chi connectivity index (χ4n) is 6.06. The van der Waals surface area contributed by atoms with E-state index >= 15 is 4.39 Å². The summed E-state index contributed by atoms with van der Waals surface area (Å²) in [6.07, 6.45) is 14.0. The van der Waals surface area contributed by atoms with Crippen LogP contribution in [-0.4, -0.2) is 0 Å². The second-order valence-electron chi connectivity index (χ2n) is 9.20. The van der Waals surface area contributed by atoms with Crippen molar-refractivity contribution >= 4 is 0 Å². The molecule has 0 bridgehead atoms. The first kappa shape index (κ1) is 18.2.